The van der Waals surface area contributed by atoms with Gasteiger partial charge in [0.1, 0.15) is 24.5 Å². The molecule has 3 aromatic rings. The van der Waals surface area contributed by atoms with Crippen LogP contribution in [0.2, 0.25) is 0 Å². The van der Waals surface area contributed by atoms with Gasteiger partial charge in [-0.3, -0.25) is 9.63 Å². The summed E-state index contributed by atoms with van der Waals surface area (Å²) < 4.78 is 39.1. The molecule has 146 valence electrons. The molecule has 0 fully saturated rings. The molecule has 0 atom stereocenters. The zero-order valence-corrected chi connectivity index (χ0v) is 14.9. The van der Waals surface area contributed by atoms with Crippen molar-refractivity contribution >= 4 is 28.4 Å². The summed E-state index contributed by atoms with van der Waals surface area (Å²) in [5, 5.41) is 2.62. The predicted octanol–water partition coefficient (Wildman–Crippen LogP) is 3.98. The molecule has 2 aromatic carbocycles. The Morgan fingerprint density at radius 3 is 2.89 bits per heavy atom. The number of nitrogens with zero attached hydrogens (tertiary/aromatic N) is 1. The summed E-state index contributed by atoms with van der Waals surface area (Å²) in [6.07, 6.45) is 2.28. The average Bonchev–Trinajstić information content (AvgIpc) is 3.14. The third kappa shape index (κ3) is 4.09. The first-order valence-electron chi connectivity index (χ1n) is 8.24. The number of halogens is 2. The minimum Gasteiger partial charge on any atom is -0.499 e. The van der Waals surface area contributed by atoms with E-state index in [9.17, 15) is 13.6 Å². The molecule has 0 aliphatic rings. The van der Waals surface area contributed by atoms with E-state index in [1.807, 2.05) is 0 Å². The van der Waals surface area contributed by atoms with Gasteiger partial charge in [-0.2, -0.15) is 0 Å². The quantitative estimate of drug-likeness (QED) is 0.344. The number of carbonyl (C=O) groups excluding carboxylic acids is 1. The summed E-state index contributed by atoms with van der Waals surface area (Å²) in [7, 11) is 0. The summed E-state index contributed by atoms with van der Waals surface area (Å²) in [4.78, 5) is 21.3. The first kappa shape index (κ1) is 19.3. The SMILES string of the molecule is C=COCCONC(=O)c1cc2ocnc2c(F)c1Nc1ccc(C)cc1F. The van der Waals surface area contributed by atoms with E-state index in [1.54, 1.807) is 13.0 Å². The van der Waals surface area contributed by atoms with Crippen LogP contribution >= 0.6 is 0 Å². The van der Waals surface area contributed by atoms with Gasteiger partial charge in [0.05, 0.1) is 23.2 Å². The molecular formula is C19H17F2N3O4. The van der Waals surface area contributed by atoms with Crippen molar-refractivity contribution < 1.29 is 27.6 Å². The maximum Gasteiger partial charge on any atom is 0.277 e. The number of carbonyl (C=O) groups is 1. The zero-order valence-electron chi connectivity index (χ0n) is 14.9. The smallest absolute Gasteiger partial charge is 0.277 e. The highest BCUT2D eigenvalue weighted by molar-refractivity contribution is 6.03. The number of benzene rings is 2. The van der Waals surface area contributed by atoms with Crippen LogP contribution in [0, 0.1) is 18.6 Å². The number of nitrogens with one attached hydrogen (secondary N) is 2. The Hall–Kier alpha value is -3.46. The Balaban J connectivity index is 1.92. The highest BCUT2D eigenvalue weighted by Crippen LogP contribution is 2.31. The van der Waals surface area contributed by atoms with Gasteiger partial charge in [-0.25, -0.2) is 19.2 Å². The van der Waals surface area contributed by atoms with Crippen LogP contribution in [0.3, 0.4) is 0 Å². The molecule has 1 aromatic heterocycles. The highest BCUT2D eigenvalue weighted by atomic mass is 19.1. The second kappa shape index (κ2) is 8.49. The number of amides is 1. The summed E-state index contributed by atoms with van der Waals surface area (Å²) in [6.45, 7) is 5.31. The van der Waals surface area contributed by atoms with Crippen LogP contribution in [0.1, 0.15) is 15.9 Å². The molecule has 1 heterocycles. The number of hydroxylamine groups is 1. The van der Waals surface area contributed by atoms with Crippen molar-refractivity contribution in [2.45, 2.75) is 6.92 Å². The highest BCUT2D eigenvalue weighted by Gasteiger charge is 2.22. The van der Waals surface area contributed by atoms with Crippen molar-refractivity contribution in [1.82, 2.24) is 10.5 Å². The fourth-order valence-electron chi connectivity index (χ4n) is 2.46. The van der Waals surface area contributed by atoms with E-state index < -0.39 is 17.5 Å². The summed E-state index contributed by atoms with van der Waals surface area (Å²) in [5.74, 6) is -2.21. The lowest BCUT2D eigenvalue weighted by Gasteiger charge is -2.14. The van der Waals surface area contributed by atoms with Crippen LogP contribution in [0.5, 0.6) is 0 Å². The maximum atomic E-state index is 14.9. The largest absolute Gasteiger partial charge is 0.499 e. The van der Waals surface area contributed by atoms with Gasteiger partial charge in [-0.1, -0.05) is 12.6 Å². The first-order valence-corrected chi connectivity index (χ1v) is 8.24. The van der Waals surface area contributed by atoms with E-state index in [0.29, 0.717) is 5.56 Å². The van der Waals surface area contributed by atoms with Gasteiger partial charge >= 0.3 is 0 Å². The monoisotopic (exact) mass is 389 g/mol. The Labute approximate surface area is 158 Å². The fraction of sp³-hybridized carbons (Fsp3) is 0.158. The number of aryl methyl sites for hydroxylation is 1. The number of anilines is 2. The van der Waals surface area contributed by atoms with Gasteiger partial charge in [0.25, 0.3) is 5.91 Å². The molecule has 2 N–H and O–H groups in total. The minimum absolute atomic E-state index is 0.00157. The second-order valence-electron chi connectivity index (χ2n) is 5.74. The number of hydrogen-bond donors (Lipinski definition) is 2. The molecule has 0 aliphatic carbocycles. The molecule has 0 saturated carbocycles. The van der Waals surface area contributed by atoms with Crippen LogP contribution < -0.4 is 10.8 Å². The van der Waals surface area contributed by atoms with Crippen LogP contribution in [0.4, 0.5) is 20.2 Å². The lowest BCUT2D eigenvalue weighted by atomic mass is 10.1. The van der Waals surface area contributed by atoms with E-state index in [4.69, 9.17) is 14.0 Å². The van der Waals surface area contributed by atoms with Gasteiger partial charge in [-0.15, -0.1) is 0 Å². The molecule has 3 rings (SSSR count). The normalized spacial score (nSPS) is 10.7. The Bertz CT molecular complexity index is 1020. The van der Waals surface area contributed by atoms with Crippen LogP contribution in [-0.2, 0) is 9.57 Å². The molecule has 9 heteroatoms. The standard InChI is InChI=1S/C19H17F2N3O4/c1-3-26-6-7-28-24-19(25)12-9-15-18(22-10-27-15)16(21)17(12)23-14-5-4-11(2)8-13(14)20/h3-5,8-10,23H,1,6-7H2,2H3,(H,24,25). The first-order chi connectivity index (χ1) is 13.5. The minimum atomic E-state index is -0.855. The Kier molecular flexibility index (Phi) is 5.85. The van der Waals surface area contributed by atoms with Crippen molar-refractivity contribution in [3.63, 3.8) is 0 Å². The molecule has 0 saturated heterocycles. The summed E-state index contributed by atoms with van der Waals surface area (Å²) in [6, 6.07) is 5.68. The molecule has 1 amide bonds. The van der Waals surface area contributed by atoms with Gasteiger partial charge in [0, 0.05) is 0 Å². The van der Waals surface area contributed by atoms with Gasteiger partial charge in [0.2, 0.25) is 0 Å². The Morgan fingerprint density at radius 2 is 2.14 bits per heavy atom. The third-order valence-electron chi connectivity index (χ3n) is 3.78. The van der Waals surface area contributed by atoms with Gasteiger partial charge < -0.3 is 14.5 Å². The van der Waals surface area contributed by atoms with Crippen LogP contribution in [0.15, 0.2) is 47.9 Å². The van der Waals surface area contributed by atoms with Gasteiger partial charge in [-0.05, 0) is 30.7 Å². The maximum absolute atomic E-state index is 14.9. The summed E-state index contributed by atoms with van der Waals surface area (Å²) in [5.41, 5.74) is 2.44. The number of oxazole rings is 1. The van der Waals surface area contributed by atoms with Crippen molar-refractivity contribution in [2.24, 2.45) is 0 Å². The molecule has 0 radical (unpaired) electrons. The molecule has 0 spiro atoms. The van der Waals surface area contributed by atoms with Crippen molar-refractivity contribution in [1.29, 1.82) is 0 Å². The summed E-state index contributed by atoms with van der Waals surface area (Å²) >= 11 is 0. The number of aromatic nitrogens is 1. The lowest BCUT2D eigenvalue weighted by molar-refractivity contribution is 0.0145. The number of ether oxygens (including phenoxy) is 1. The molecule has 0 unspecified atom stereocenters. The van der Waals surface area contributed by atoms with E-state index in [-0.39, 0.29) is 41.3 Å². The number of rotatable bonds is 8. The Morgan fingerprint density at radius 1 is 1.32 bits per heavy atom. The van der Waals surface area contributed by atoms with E-state index in [1.165, 1.54) is 24.5 Å². The zero-order chi connectivity index (χ0) is 20.1. The molecular weight excluding hydrogens is 372 g/mol. The van der Waals surface area contributed by atoms with E-state index in [0.717, 1.165) is 6.39 Å². The average molecular weight is 389 g/mol. The number of hydrogen-bond acceptors (Lipinski definition) is 6. The second-order valence-corrected chi connectivity index (χ2v) is 5.74. The molecule has 7 nitrogen and oxygen atoms in total. The topological polar surface area (TPSA) is 85.6 Å². The van der Waals surface area contributed by atoms with Crippen molar-refractivity contribution in [3.8, 4) is 0 Å². The van der Waals surface area contributed by atoms with E-state index >= 15 is 0 Å². The number of fused-ring (bicyclic) bond motifs is 1. The van der Waals surface area contributed by atoms with Crippen molar-refractivity contribution in [3.05, 3.63) is 66.3 Å². The lowest BCUT2D eigenvalue weighted by Crippen LogP contribution is -2.26. The predicted molar refractivity (Wildman–Crippen MR) is 98.0 cm³/mol. The van der Waals surface area contributed by atoms with Crippen LogP contribution in [0.25, 0.3) is 11.1 Å². The van der Waals surface area contributed by atoms with Crippen molar-refractivity contribution in [2.75, 3.05) is 18.5 Å². The molecule has 0 aliphatic heterocycles. The van der Waals surface area contributed by atoms with Crippen LogP contribution in [-0.4, -0.2) is 24.1 Å². The van der Waals surface area contributed by atoms with E-state index in [2.05, 4.69) is 22.4 Å². The third-order valence-corrected chi connectivity index (χ3v) is 3.78. The molecule has 0 bridgehead atoms. The molecule has 28 heavy (non-hydrogen) atoms. The fourth-order valence-corrected chi connectivity index (χ4v) is 2.46. The van der Waals surface area contributed by atoms with Gasteiger partial charge in [0.15, 0.2) is 17.8 Å².